The highest BCUT2D eigenvalue weighted by Gasteiger charge is 2.38. The number of urea groups is 1. The fourth-order valence-electron chi connectivity index (χ4n) is 1.68. The SMILES string of the molecule is CCOC(=O)CCN(C)C(=O)N(CC)C(C)(C)C(=O)O. The maximum atomic E-state index is 12.2. The molecule has 0 unspecified atom stereocenters. The lowest BCUT2D eigenvalue weighted by Gasteiger charge is -2.36. The molecular weight excluding hydrogens is 264 g/mol. The van der Waals surface area contributed by atoms with Gasteiger partial charge >= 0.3 is 18.0 Å². The first-order valence-corrected chi connectivity index (χ1v) is 6.60. The molecule has 0 aliphatic heterocycles. The molecule has 0 aliphatic carbocycles. The van der Waals surface area contributed by atoms with E-state index in [2.05, 4.69) is 0 Å². The molecule has 0 radical (unpaired) electrons. The van der Waals surface area contributed by atoms with E-state index in [1.807, 2.05) is 0 Å². The Morgan fingerprint density at radius 2 is 1.75 bits per heavy atom. The smallest absolute Gasteiger partial charge is 0.329 e. The largest absolute Gasteiger partial charge is 0.480 e. The van der Waals surface area contributed by atoms with Crippen molar-refractivity contribution >= 4 is 18.0 Å². The lowest BCUT2D eigenvalue weighted by atomic mass is 10.0. The number of hydrogen-bond donors (Lipinski definition) is 1. The predicted molar refractivity (Wildman–Crippen MR) is 73.4 cm³/mol. The molecule has 116 valence electrons. The van der Waals surface area contributed by atoms with Crippen molar-refractivity contribution in [2.75, 3.05) is 26.7 Å². The van der Waals surface area contributed by atoms with E-state index in [9.17, 15) is 19.5 Å². The Bertz CT molecular complexity index is 368. The van der Waals surface area contributed by atoms with Crippen LogP contribution in [-0.2, 0) is 14.3 Å². The van der Waals surface area contributed by atoms with E-state index in [1.54, 1.807) is 13.8 Å². The highest BCUT2D eigenvalue weighted by molar-refractivity contribution is 5.85. The predicted octanol–water partition coefficient (Wildman–Crippen LogP) is 1.18. The molecule has 0 aromatic heterocycles. The molecule has 0 heterocycles. The number of hydrogen-bond acceptors (Lipinski definition) is 4. The van der Waals surface area contributed by atoms with Gasteiger partial charge in [0.15, 0.2) is 0 Å². The third kappa shape index (κ3) is 4.71. The Morgan fingerprint density at radius 3 is 2.15 bits per heavy atom. The normalized spacial score (nSPS) is 10.8. The van der Waals surface area contributed by atoms with Crippen molar-refractivity contribution in [3.8, 4) is 0 Å². The average molecular weight is 288 g/mol. The molecule has 2 amide bonds. The summed E-state index contributed by atoms with van der Waals surface area (Å²) in [5.74, 6) is -1.46. The van der Waals surface area contributed by atoms with Crippen LogP contribution in [0, 0.1) is 0 Å². The van der Waals surface area contributed by atoms with Crippen molar-refractivity contribution in [3.63, 3.8) is 0 Å². The van der Waals surface area contributed by atoms with Crippen LogP contribution in [-0.4, -0.2) is 65.2 Å². The second kappa shape index (κ2) is 7.72. The molecule has 0 spiro atoms. The standard InChI is InChI=1S/C13H24N2O5/c1-6-15(13(3,4)11(17)18)12(19)14(5)9-8-10(16)20-7-2/h6-9H2,1-5H3,(H,17,18). The summed E-state index contributed by atoms with van der Waals surface area (Å²) < 4.78 is 4.78. The highest BCUT2D eigenvalue weighted by Crippen LogP contribution is 2.16. The molecule has 0 saturated heterocycles. The number of carbonyl (C=O) groups excluding carboxylic acids is 2. The molecule has 0 saturated carbocycles. The fourth-order valence-corrected chi connectivity index (χ4v) is 1.68. The van der Waals surface area contributed by atoms with Gasteiger partial charge in [-0.3, -0.25) is 4.79 Å². The van der Waals surface area contributed by atoms with Crippen LogP contribution in [0.2, 0.25) is 0 Å². The number of carboxylic acid groups (broad SMARTS) is 1. The van der Waals surface area contributed by atoms with Gasteiger partial charge in [-0.2, -0.15) is 0 Å². The topological polar surface area (TPSA) is 87.2 Å². The van der Waals surface area contributed by atoms with Crippen LogP contribution in [0.1, 0.15) is 34.1 Å². The number of likely N-dealkylation sites (N-methyl/N-ethyl adjacent to an activating group) is 1. The lowest BCUT2D eigenvalue weighted by Crippen LogP contribution is -2.56. The number of amides is 2. The van der Waals surface area contributed by atoms with E-state index in [0.717, 1.165) is 0 Å². The summed E-state index contributed by atoms with van der Waals surface area (Å²) in [6, 6.07) is -0.427. The minimum absolute atomic E-state index is 0.0845. The van der Waals surface area contributed by atoms with Crippen molar-refractivity contribution in [1.82, 2.24) is 9.80 Å². The Kier molecular flexibility index (Phi) is 7.02. The molecule has 0 aromatic carbocycles. The minimum atomic E-state index is -1.30. The van der Waals surface area contributed by atoms with E-state index in [1.165, 1.54) is 30.7 Å². The summed E-state index contributed by atoms with van der Waals surface area (Å²) in [5, 5.41) is 9.18. The second-order valence-electron chi connectivity index (χ2n) is 4.87. The first kappa shape index (κ1) is 18.2. The zero-order chi connectivity index (χ0) is 15.9. The first-order chi connectivity index (χ1) is 9.18. The molecule has 0 atom stereocenters. The number of carbonyl (C=O) groups is 3. The minimum Gasteiger partial charge on any atom is -0.480 e. The van der Waals surface area contributed by atoms with Crippen LogP contribution in [0.3, 0.4) is 0 Å². The molecule has 0 fully saturated rings. The first-order valence-electron chi connectivity index (χ1n) is 6.60. The van der Waals surface area contributed by atoms with Crippen molar-refractivity contribution in [2.45, 2.75) is 39.7 Å². The van der Waals surface area contributed by atoms with E-state index in [-0.39, 0.29) is 25.5 Å². The van der Waals surface area contributed by atoms with Gasteiger partial charge < -0.3 is 19.6 Å². The van der Waals surface area contributed by atoms with Gasteiger partial charge in [0, 0.05) is 20.1 Å². The molecule has 0 aliphatic rings. The Balaban J connectivity index is 4.69. The fraction of sp³-hybridized carbons (Fsp3) is 0.769. The van der Waals surface area contributed by atoms with Gasteiger partial charge in [-0.05, 0) is 27.7 Å². The van der Waals surface area contributed by atoms with Crippen molar-refractivity contribution in [3.05, 3.63) is 0 Å². The van der Waals surface area contributed by atoms with Gasteiger partial charge in [0.2, 0.25) is 0 Å². The summed E-state index contributed by atoms with van der Waals surface area (Å²) in [6.45, 7) is 7.10. The summed E-state index contributed by atoms with van der Waals surface area (Å²) in [6.07, 6.45) is 0.0845. The van der Waals surface area contributed by atoms with Crippen LogP contribution < -0.4 is 0 Å². The lowest BCUT2D eigenvalue weighted by molar-refractivity contribution is -0.148. The van der Waals surface area contributed by atoms with Gasteiger partial charge in [0.1, 0.15) is 5.54 Å². The van der Waals surface area contributed by atoms with Crippen LogP contribution in [0.4, 0.5) is 4.79 Å². The number of carboxylic acids is 1. The van der Waals surface area contributed by atoms with E-state index < -0.39 is 17.5 Å². The van der Waals surface area contributed by atoms with E-state index in [0.29, 0.717) is 6.61 Å². The maximum Gasteiger partial charge on any atom is 0.329 e. The summed E-state index contributed by atoms with van der Waals surface area (Å²) >= 11 is 0. The number of rotatable bonds is 7. The molecule has 1 N–H and O–H groups in total. The molecule has 0 rings (SSSR count). The van der Waals surface area contributed by atoms with Gasteiger partial charge in [-0.15, -0.1) is 0 Å². The summed E-state index contributed by atoms with van der Waals surface area (Å²) in [7, 11) is 1.53. The third-order valence-corrected chi connectivity index (χ3v) is 3.03. The number of esters is 1. The van der Waals surface area contributed by atoms with Crippen LogP contribution in [0.5, 0.6) is 0 Å². The molecule has 7 nitrogen and oxygen atoms in total. The quantitative estimate of drug-likeness (QED) is 0.711. The van der Waals surface area contributed by atoms with Crippen molar-refractivity contribution in [2.24, 2.45) is 0 Å². The van der Waals surface area contributed by atoms with E-state index in [4.69, 9.17) is 4.74 Å². The zero-order valence-electron chi connectivity index (χ0n) is 12.8. The van der Waals surface area contributed by atoms with Crippen molar-refractivity contribution < 1.29 is 24.2 Å². The molecule has 0 bridgehead atoms. The monoisotopic (exact) mass is 288 g/mol. The molecule has 0 aromatic rings. The Morgan fingerprint density at radius 1 is 1.20 bits per heavy atom. The summed E-state index contributed by atoms with van der Waals surface area (Å²) in [4.78, 5) is 37.3. The summed E-state index contributed by atoms with van der Waals surface area (Å²) in [5.41, 5.74) is -1.30. The number of nitrogens with zero attached hydrogens (tertiary/aromatic N) is 2. The van der Waals surface area contributed by atoms with E-state index >= 15 is 0 Å². The third-order valence-electron chi connectivity index (χ3n) is 3.03. The zero-order valence-corrected chi connectivity index (χ0v) is 12.8. The molecule has 20 heavy (non-hydrogen) atoms. The van der Waals surface area contributed by atoms with Gasteiger partial charge in [0.05, 0.1) is 13.0 Å². The molecule has 7 heteroatoms. The second-order valence-corrected chi connectivity index (χ2v) is 4.87. The highest BCUT2D eigenvalue weighted by atomic mass is 16.5. The maximum absolute atomic E-state index is 12.2. The average Bonchev–Trinajstić information content (AvgIpc) is 2.36. The number of aliphatic carboxylic acids is 1. The van der Waals surface area contributed by atoms with Crippen LogP contribution in [0.15, 0.2) is 0 Å². The van der Waals surface area contributed by atoms with Crippen LogP contribution >= 0.6 is 0 Å². The van der Waals surface area contributed by atoms with Crippen molar-refractivity contribution in [1.29, 1.82) is 0 Å². The van der Waals surface area contributed by atoms with Gasteiger partial charge in [-0.1, -0.05) is 0 Å². The number of ether oxygens (including phenoxy) is 1. The Labute approximate surface area is 119 Å². The van der Waals surface area contributed by atoms with Gasteiger partial charge in [0.25, 0.3) is 0 Å². The van der Waals surface area contributed by atoms with Gasteiger partial charge in [-0.25, -0.2) is 9.59 Å². The molecular formula is C13H24N2O5. The Hall–Kier alpha value is -1.79. The van der Waals surface area contributed by atoms with Crippen LogP contribution in [0.25, 0.3) is 0 Å².